The first-order valence-electron chi connectivity index (χ1n) is 7.47. The normalized spacial score (nSPS) is 21.3. The Hall–Kier alpha value is -2.05. The first-order chi connectivity index (χ1) is 10.7. The van der Waals surface area contributed by atoms with E-state index in [1.54, 1.807) is 4.90 Å². The van der Waals surface area contributed by atoms with E-state index in [1.165, 1.54) is 11.6 Å². The number of nitro groups is 1. The van der Waals surface area contributed by atoms with E-state index >= 15 is 0 Å². The number of nitrogens with zero attached hydrogens (tertiary/aromatic N) is 2. The summed E-state index contributed by atoms with van der Waals surface area (Å²) >= 11 is 0. The van der Waals surface area contributed by atoms with Crippen LogP contribution in [0.2, 0.25) is 0 Å². The molecule has 0 aromatic heterocycles. The predicted molar refractivity (Wildman–Crippen MR) is 82.5 cm³/mol. The highest BCUT2D eigenvalue weighted by atomic mass is 19.4. The Morgan fingerprint density at radius 2 is 2.09 bits per heavy atom. The first kappa shape index (κ1) is 17.3. The summed E-state index contributed by atoms with van der Waals surface area (Å²) in [6, 6.07) is 2.98. The van der Waals surface area contributed by atoms with Crippen LogP contribution in [-0.4, -0.2) is 18.0 Å². The van der Waals surface area contributed by atoms with Crippen molar-refractivity contribution in [2.24, 2.45) is 5.92 Å². The van der Waals surface area contributed by atoms with Gasteiger partial charge in [-0.2, -0.15) is 13.2 Å². The molecule has 1 aliphatic rings. The van der Waals surface area contributed by atoms with Crippen molar-refractivity contribution in [3.63, 3.8) is 0 Å². The molecule has 4 nitrogen and oxygen atoms in total. The summed E-state index contributed by atoms with van der Waals surface area (Å²) < 4.78 is 40.0. The van der Waals surface area contributed by atoms with Crippen LogP contribution in [0.5, 0.6) is 0 Å². The van der Waals surface area contributed by atoms with Gasteiger partial charge in [-0.05, 0) is 31.7 Å². The highest BCUT2D eigenvalue weighted by molar-refractivity contribution is 5.59. The molecular weight excluding hydrogens is 309 g/mol. The fraction of sp³-hybridized carbons (Fsp3) is 0.500. The zero-order valence-corrected chi connectivity index (χ0v) is 13.1. The largest absolute Gasteiger partial charge is 0.418 e. The van der Waals surface area contributed by atoms with Gasteiger partial charge in [0.05, 0.1) is 10.5 Å². The Morgan fingerprint density at radius 3 is 2.65 bits per heavy atom. The SMILES string of the molecule is C/C=C1\CCN(c2ccc([N+](=O)[O-])cc2C(F)(F)F)CC(C)C1. The molecule has 126 valence electrons. The van der Waals surface area contributed by atoms with Gasteiger partial charge in [-0.1, -0.05) is 18.6 Å². The Morgan fingerprint density at radius 1 is 1.39 bits per heavy atom. The first-order valence-corrected chi connectivity index (χ1v) is 7.47. The van der Waals surface area contributed by atoms with Gasteiger partial charge in [-0.25, -0.2) is 0 Å². The highest BCUT2D eigenvalue weighted by Crippen LogP contribution is 2.40. The zero-order chi connectivity index (χ0) is 17.2. The molecule has 1 aliphatic heterocycles. The van der Waals surface area contributed by atoms with Gasteiger partial charge >= 0.3 is 6.18 Å². The number of hydrogen-bond acceptors (Lipinski definition) is 3. The van der Waals surface area contributed by atoms with E-state index in [-0.39, 0.29) is 11.6 Å². The monoisotopic (exact) mass is 328 g/mol. The van der Waals surface area contributed by atoms with Crippen molar-refractivity contribution < 1.29 is 18.1 Å². The molecule has 0 radical (unpaired) electrons. The van der Waals surface area contributed by atoms with Crippen LogP contribution in [0.15, 0.2) is 29.8 Å². The lowest BCUT2D eigenvalue weighted by Crippen LogP contribution is -2.29. The molecule has 23 heavy (non-hydrogen) atoms. The molecule has 1 aromatic carbocycles. The molecule has 0 N–H and O–H groups in total. The second kappa shape index (κ2) is 6.60. The molecule has 0 bridgehead atoms. The van der Waals surface area contributed by atoms with Crippen molar-refractivity contribution in [2.45, 2.75) is 32.9 Å². The van der Waals surface area contributed by atoms with Crippen molar-refractivity contribution in [1.29, 1.82) is 0 Å². The number of halogens is 3. The Balaban J connectivity index is 2.43. The fourth-order valence-electron chi connectivity index (χ4n) is 2.98. The molecule has 1 unspecified atom stereocenters. The van der Waals surface area contributed by atoms with Crippen LogP contribution in [0.1, 0.15) is 32.3 Å². The smallest absolute Gasteiger partial charge is 0.370 e. The number of rotatable bonds is 2. The summed E-state index contributed by atoms with van der Waals surface area (Å²) in [5.74, 6) is 0.222. The third kappa shape index (κ3) is 4.03. The zero-order valence-electron chi connectivity index (χ0n) is 13.1. The molecule has 1 saturated heterocycles. The van der Waals surface area contributed by atoms with Crippen LogP contribution in [0.3, 0.4) is 0 Å². The molecule has 1 fully saturated rings. The molecule has 0 spiro atoms. The van der Waals surface area contributed by atoms with Gasteiger partial charge < -0.3 is 4.90 Å². The molecule has 1 heterocycles. The van der Waals surface area contributed by atoms with Gasteiger partial charge in [-0.3, -0.25) is 10.1 Å². The van der Waals surface area contributed by atoms with E-state index in [0.29, 0.717) is 25.6 Å². The van der Waals surface area contributed by atoms with Crippen LogP contribution in [0.4, 0.5) is 24.5 Å². The van der Waals surface area contributed by atoms with Gasteiger partial charge in [0.15, 0.2) is 0 Å². The van der Waals surface area contributed by atoms with Gasteiger partial charge in [-0.15, -0.1) is 0 Å². The quantitative estimate of drug-likeness (QED) is 0.445. The van der Waals surface area contributed by atoms with Crippen LogP contribution in [-0.2, 0) is 6.18 Å². The minimum atomic E-state index is -4.62. The third-order valence-electron chi connectivity index (χ3n) is 4.09. The molecular formula is C16H19F3N2O2. The fourth-order valence-corrected chi connectivity index (χ4v) is 2.98. The number of allylic oxidation sites excluding steroid dienone is 1. The van der Waals surface area contributed by atoms with Crippen LogP contribution in [0.25, 0.3) is 0 Å². The lowest BCUT2D eigenvalue weighted by molar-refractivity contribution is -0.385. The molecule has 7 heteroatoms. The predicted octanol–water partition coefficient (Wildman–Crippen LogP) is 4.80. The maximum atomic E-state index is 13.3. The highest BCUT2D eigenvalue weighted by Gasteiger charge is 2.37. The van der Waals surface area contributed by atoms with Crippen molar-refractivity contribution in [3.8, 4) is 0 Å². The van der Waals surface area contributed by atoms with Crippen LogP contribution >= 0.6 is 0 Å². The number of hydrogen-bond donors (Lipinski definition) is 0. The summed E-state index contributed by atoms with van der Waals surface area (Å²) in [4.78, 5) is 11.7. The molecule has 1 atom stereocenters. The van der Waals surface area contributed by atoms with Crippen molar-refractivity contribution >= 4 is 11.4 Å². The van der Waals surface area contributed by atoms with Gasteiger partial charge in [0, 0.05) is 30.9 Å². The lowest BCUT2D eigenvalue weighted by Gasteiger charge is -2.27. The van der Waals surface area contributed by atoms with E-state index in [9.17, 15) is 23.3 Å². The maximum Gasteiger partial charge on any atom is 0.418 e. The van der Waals surface area contributed by atoms with Crippen molar-refractivity contribution in [2.75, 3.05) is 18.0 Å². The Kier molecular flexibility index (Phi) is 4.97. The minimum absolute atomic E-state index is 0.0207. The molecule has 2 rings (SSSR count). The average Bonchev–Trinajstić information content (AvgIpc) is 2.67. The number of nitro benzene ring substituents is 1. The van der Waals surface area contributed by atoms with Crippen molar-refractivity contribution in [3.05, 3.63) is 45.5 Å². The van der Waals surface area contributed by atoms with Gasteiger partial charge in [0.25, 0.3) is 5.69 Å². The topological polar surface area (TPSA) is 46.4 Å². The second-order valence-corrected chi connectivity index (χ2v) is 5.91. The number of alkyl halides is 3. The second-order valence-electron chi connectivity index (χ2n) is 5.91. The molecule has 1 aromatic rings. The number of benzene rings is 1. The molecule has 0 aliphatic carbocycles. The molecule has 0 saturated carbocycles. The van der Waals surface area contributed by atoms with E-state index in [1.807, 2.05) is 19.9 Å². The Labute approximate surface area is 132 Å². The minimum Gasteiger partial charge on any atom is -0.370 e. The summed E-state index contributed by atoms with van der Waals surface area (Å²) in [7, 11) is 0. The van der Waals surface area contributed by atoms with E-state index in [2.05, 4.69) is 0 Å². The Bertz CT molecular complexity index is 626. The molecule has 0 amide bonds. The van der Waals surface area contributed by atoms with Crippen LogP contribution < -0.4 is 4.90 Å². The van der Waals surface area contributed by atoms with E-state index in [0.717, 1.165) is 12.5 Å². The van der Waals surface area contributed by atoms with E-state index < -0.39 is 22.4 Å². The maximum absolute atomic E-state index is 13.3. The van der Waals surface area contributed by atoms with Gasteiger partial charge in [0.1, 0.15) is 0 Å². The lowest BCUT2D eigenvalue weighted by atomic mass is 10.0. The summed E-state index contributed by atoms with van der Waals surface area (Å²) in [5, 5.41) is 10.8. The summed E-state index contributed by atoms with van der Waals surface area (Å²) in [6.45, 7) is 4.91. The number of anilines is 1. The van der Waals surface area contributed by atoms with Gasteiger partial charge in [0.2, 0.25) is 0 Å². The van der Waals surface area contributed by atoms with Crippen LogP contribution in [0, 0.1) is 16.0 Å². The average molecular weight is 328 g/mol. The van der Waals surface area contributed by atoms with E-state index in [4.69, 9.17) is 0 Å². The van der Waals surface area contributed by atoms with Crippen molar-refractivity contribution in [1.82, 2.24) is 0 Å². The number of non-ortho nitro benzene ring substituents is 1. The summed E-state index contributed by atoms with van der Waals surface area (Å²) in [6.07, 6.45) is -1.04. The third-order valence-corrected chi connectivity index (χ3v) is 4.09. The standard InChI is InChI=1S/C16H19F3N2O2/c1-3-12-6-7-20(10-11(2)8-12)15-5-4-13(21(22)23)9-14(15)16(17,18)19/h3-5,9,11H,6-8,10H2,1-2H3/b12-3+. The summed E-state index contributed by atoms with van der Waals surface area (Å²) in [5.41, 5.74) is -0.233.